The molecule has 0 unspecified atom stereocenters. The molecule has 1 aromatic heterocycles. The third-order valence-electron chi connectivity index (χ3n) is 5.84. The summed E-state index contributed by atoms with van der Waals surface area (Å²) in [6, 6.07) is 7.73. The van der Waals surface area contributed by atoms with Crippen molar-refractivity contribution in [2.45, 2.75) is 33.6 Å². The summed E-state index contributed by atoms with van der Waals surface area (Å²) in [6.45, 7) is 8.09. The van der Waals surface area contributed by atoms with Crippen LogP contribution in [0.5, 0.6) is 11.5 Å². The maximum atomic E-state index is 13.1. The number of hydrogen-bond acceptors (Lipinski definition) is 6. The highest BCUT2D eigenvalue weighted by Gasteiger charge is 2.29. The molecule has 0 amide bonds. The van der Waals surface area contributed by atoms with Crippen LogP contribution in [0.2, 0.25) is 0 Å². The first-order chi connectivity index (χ1) is 14.5. The first kappa shape index (κ1) is 20.5. The molecule has 1 atom stereocenters. The van der Waals surface area contributed by atoms with Gasteiger partial charge in [-0.25, -0.2) is 0 Å². The number of Topliss-reactive ketones (excluding diaryl/α,β-unsaturated/α-hetero) is 1. The minimum atomic E-state index is -0.157. The molecule has 1 saturated heterocycles. The highest BCUT2D eigenvalue weighted by atomic mass is 16.7. The van der Waals surface area contributed by atoms with Crippen LogP contribution in [0.25, 0.3) is 5.69 Å². The van der Waals surface area contributed by atoms with Crippen molar-refractivity contribution in [1.82, 2.24) is 9.47 Å². The summed E-state index contributed by atoms with van der Waals surface area (Å²) < 4.78 is 18.1. The lowest BCUT2D eigenvalue weighted by molar-refractivity contribution is -0.149. The van der Waals surface area contributed by atoms with Crippen molar-refractivity contribution in [1.29, 1.82) is 0 Å². The standard InChI is InChI=1S/C23H28N2O5/c1-4-28-23(27)17-6-5-9-24(12-17)13-20(26)19-10-15(2)25(16(19)3)18-7-8-21-22(11-18)30-14-29-21/h7-8,10-11,17H,4-6,9,12-14H2,1-3H3/t17-/m1/s1. The third kappa shape index (κ3) is 3.94. The fraction of sp³-hybridized carbons (Fsp3) is 0.478. The quantitative estimate of drug-likeness (QED) is 0.536. The summed E-state index contributed by atoms with van der Waals surface area (Å²) in [6.07, 6.45) is 1.72. The van der Waals surface area contributed by atoms with Gasteiger partial charge in [0.15, 0.2) is 17.3 Å². The number of carbonyl (C=O) groups excluding carboxylic acids is 2. The topological polar surface area (TPSA) is 70.0 Å². The molecule has 1 aromatic carbocycles. The molecule has 0 aliphatic carbocycles. The van der Waals surface area contributed by atoms with Crippen LogP contribution in [-0.4, -0.2) is 54.3 Å². The first-order valence-electron chi connectivity index (χ1n) is 10.5. The van der Waals surface area contributed by atoms with E-state index in [1.54, 1.807) is 0 Å². The van der Waals surface area contributed by atoms with E-state index in [4.69, 9.17) is 14.2 Å². The second-order valence-corrected chi connectivity index (χ2v) is 7.91. The number of esters is 1. The SMILES string of the molecule is CCOC(=O)[C@@H]1CCCN(CC(=O)c2cc(C)n(-c3ccc4c(c3)OCO4)c2C)C1. The van der Waals surface area contributed by atoms with Gasteiger partial charge in [-0.3, -0.25) is 14.5 Å². The monoisotopic (exact) mass is 412 g/mol. The van der Waals surface area contributed by atoms with Crippen molar-refractivity contribution in [3.63, 3.8) is 0 Å². The number of benzene rings is 1. The summed E-state index contributed by atoms with van der Waals surface area (Å²) >= 11 is 0. The van der Waals surface area contributed by atoms with Gasteiger partial charge < -0.3 is 18.8 Å². The smallest absolute Gasteiger partial charge is 0.310 e. The van der Waals surface area contributed by atoms with E-state index in [2.05, 4.69) is 9.47 Å². The summed E-state index contributed by atoms with van der Waals surface area (Å²) in [7, 11) is 0. The first-order valence-corrected chi connectivity index (χ1v) is 10.5. The van der Waals surface area contributed by atoms with Gasteiger partial charge in [-0.05, 0) is 58.4 Å². The molecule has 7 nitrogen and oxygen atoms in total. The molecule has 2 aliphatic heterocycles. The van der Waals surface area contributed by atoms with Gasteiger partial charge >= 0.3 is 5.97 Å². The van der Waals surface area contributed by atoms with Gasteiger partial charge in [0.2, 0.25) is 6.79 Å². The van der Waals surface area contributed by atoms with E-state index in [-0.39, 0.29) is 24.5 Å². The van der Waals surface area contributed by atoms with E-state index in [0.717, 1.165) is 42.2 Å². The Kier molecular flexibility index (Phi) is 5.81. The maximum absolute atomic E-state index is 13.1. The Morgan fingerprint density at radius 3 is 2.77 bits per heavy atom. The number of aromatic nitrogens is 1. The van der Waals surface area contributed by atoms with Crippen LogP contribution in [0.1, 0.15) is 41.5 Å². The van der Waals surface area contributed by atoms with E-state index in [1.165, 1.54) is 0 Å². The van der Waals surface area contributed by atoms with Crippen LogP contribution >= 0.6 is 0 Å². The minimum Gasteiger partial charge on any atom is -0.466 e. The zero-order valence-corrected chi connectivity index (χ0v) is 17.8. The fourth-order valence-corrected chi connectivity index (χ4v) is 4.41. The molecule has 0 bridgehead atoms. The van der Waals surface area contributed by atoms with Crippen LogP contribution < -0.4 is 9.47 Å². The molecule has 0 spiro atoms. The van der Waals surface area contributed by atoms with Gasteiger partial charge in [0.1, 0.15) is 0 Å². The summed E-state index contributed by atoms with van der Waals surface area (Å²) in [4.78, 5) is 27.3. The number of carbonyl (C=O) groups is 2. The lowest BCUT2D eigenvalue weighted by atomic mass is 9.97. The van der Waals surface area contributed by atoms with Gasteiger partial charge in [-0.2, -0.15) is 0 Å². The Bertz CT molecular complexity index is 965. The Morgan fingerprint density at radius 2 is 1.97 bits per heavy atom. The van der Waals surface area contributed by atoms with Gasteiger partial charge in [-0.15, -0.1) is 0 Å². The molecule has 160 valence electrons. The molecular weight excluding hydrogens is 384 g/mol. The highest BCUT2D eigenvalue weighted by Crippen LogP contribution is 2.35. The zero-order valence-electron chi connectivity index (χ0n) is 17.8. The van der Waals surface area contributed by atoms with Crippen molar-refractivity contribution >= 4 is 11.8 Å². The average Bonchev–Trinajstić information content (AvgIpc) is 3.31. The van der Waals surface area contributed by atoms with Crippen LogP contribution in [-0.2, 0) is 9.53 Å². The minimum absolute atomic E-state index is 0.0691. The molecule has 0 radical (unpaired) electrons. The number of aryl methyl sites for hydroxylation is 1. The van der Waals surface area contributed by atoms with E-state index in [1.807, 2.05) is 45.0 Å². The Hall–Kier alpha value is -2.80. The average molecular weight is 412 g/mol. The molecule has 7 heteroatoms. The van der Waals surface area contributed by atoms with Crippen molar-refractivity contribution in [3.8, 4) is 17.2 Å². The number of ether oxygens (including phenoxy) is 3. The molecule has 2 aliphatic rings. The summed E-state index contributed by atoms with van der Waals surface area (Å²) in [5, 5.41) is 0. The third-order valence-corrected chi connectivity index (χ3v) is 5.84. The lowest BCUT2D eigenvalue weighted by Crippen LogP contribution is -2.41. The number of ketones is 1. The highest BCUT2D eigenvalue weighted by molar-refractivity contribution is 5.99. The number of nitrogens with zero attached hydrogens (tertiary/aromatic N) is 2. The Morgan fingerprint density at radius 1 is 1.17 bits per heavy atom. The summed E-state index contributed by atoms with van der Waals surface area (Å²) in [5.41, 5.74) is 3.53. The van der Waals surface area contributed by atoms with Crippen molar-refractivity contribution in [2.75, 3.05) is 33.0 Å². The fourth-order valence-electron chi connectivity index (χ4n) is 4.41. The molecule has 4 rings (SSSR count). The number of likely N-dealkylation sites (tertiary alicyclic amines) is 1. The largest absolute Gasteiger partial charge is 0.466 e. The van der Waals surface area contributed by atoms with Crippen molar-refractivity contribution < 1.29 is 23.8 Å². The lowest BCUT2D eigenvalue weighted by Gasteiger charge is -2.30. The molecule has 2 aromatic rings. The van der Waals surface area contributed by atoms with E-state index >= 15 is 0 Å². The van der Waals surface area contributed by atoms with Crippen LogP contribution in [0.15, 0.2) is 24.3 Å². The Balaban J connectivity index is 1.50. The van der Waals surface area contributed by atoms with Gasteiger partial charge in [0, 0.05) is 35.2 Å². The predicted molar refractivity (Wildman–Crippen MR) is 111 cm³/mol. The Labute approximate surface area is 176 Å². The zero-order chi connectivity index (χ0) is 21.3. The number of piperidine rings is 1. The molecular formula is C23H28N2O5. The van der Waals surface area contributed by atoms with Gasteiger partial charge in [0.05, 0.1) is 19.1 Å². The number of hydrogen-bond donors (Lipinski definition) is 0. The second-order valence-electron chi connectivity index (χ2n) is 7.91. The van der Waals surface area contributed by atoms with Crippen LogP contribution in [0, 0.1) is 19.8 Å². The molecule has 1 fully saturated rings. The number of fused-ring (bicyclic) bond motifs is 1. The molecule has 0 N–H and O–H groups in total. The van der Waals surface area contributed by atoms with E-state index < -0.39 is 0 Å². The summed E-state index contributed by atoms with van der Waals surface area (Å²) in [5.74, 6) is 1.22. The van der Waals surface area contributed by atoms with Gasteiger partial charge in [-0.1, -0.05) is 0 Å². The number of rotatable bonds is 6. The van der Waals surface area contributed by atoms with Crippen molar-refractivity contribution in [2.24, 2.45) is 5.92 Å². The molecule has 0 saturated carbocycles. The molecule has 3 heterocycles. The van der Waals surface area contributed by atoms with E-state index in [0.29, 0.717) is 31.0 Å². The predicted octanol–water partition coefficient (Wildman–Crippen LogP) is 3.28. The normalized spacial score (nSPS) is 18.4. The van der Waals surface area contributed by atoms with E-state index in [9.17, 15) is 9.59 Å². The van der Waals surface area contributed by atoms with Gasteiger partial charge in [0.25, 0.3) is 0 Å². The second kappa shape index (κ2) is 8.52. The molecule has 30 heavy (non-hydrogen) atoms. The van der Waals surface area contributed by atoms with Crippen LogP contribution in [0.4, 0.5) is 0 Å². The van der Waals surface area contributed by atoms with Crippen molar-refractivity contribution in [3.05, 3.63) is 41.2 Å². The maximum Gasteiger partial charge on any atom is 0.310 e. The van der Waals surface area contributed by atoms with Crippen LogP contribution in [0.3, 0.4) is 0 Å².